The molecule has 1 aromatic rings. The Kier molecular flexibility index (Phi) is 6.26. The van der Waals surface area contributed by atoms with E-state index in [1.54, 1.807) is 14.0 Å². The van der Waals surface area contributed by atoms with Gasteiger partial charge in [0.05, 0.1) is 6.54 Å². The first-order chi connectivity index (χ1) is 13.7. The standard InChI is InChI=1S/C20H32N6O3/c1-20(19(29)22-14-8-6-5-7-9-14)13-26-16(18(28)25(20)4)12-15(23-26)17(27)21-10-11-24(2)3/h12,14H,5-11,13H2,1-4H3,(H,21,27)(H,22,29). The summed E-state index contributed by atoms with van der Waals surface area (Å²) >= 11 is 0. The highest BCUT2D eigenvalue weighted by Gasteiger charge is 2.46. The van der Waals surface area contributed by atoms with Crippen LogP contribution in [0.5, 0.6) is 0 Å². The fraction of sp³-hybridized carbons (Fsp3) is 0.700. The van der Waals surface area contributed by atoms with Crippen molar-refractivity contribution >= 4 is 17.7 Å². The molecule has 9 nitrogen and oxygen atoms in total. The van der Waals surface area contributed by atoms with Crippen molar-refractivity contribution in [2.45, 2.75) is 57.2 Å². The number of aromatic nitrogens is 2. The van der Waals surface area contributed by atoms with Crippen LogP contribution in [-0.2, 0) is 11.3 Å². The van der Waals surface area contributed by atoms with E-state index < -0.39 is 5.54 Å². The molecular weight excluding hydrogens is 372 g/mol. The Morgan fingerprint density at radius 1 is 1.28 bits per heavy atom. The Bertz CT molecular complexity index is 783. The second-order valence-electron chi connectivity index (χ2n) is 8.58. The van der Waals surface area contributed by atoms with Crippen molar-refractivity contribution in [3.8, 4) is 0 Å². The van der Waals surface area contributed by atoms with Gasteiger partial charge in [0.25, 0.3) is 11.8 Å². The molecule has 160 valence electrons. The molecule has 2 aliphatic rings. The molecule has 1 aromatic heterocycles. The first kappa shape index (κ1) is 21.3. The van der Waals surface area contributed by atoms with Gasteiger partial charge < -0.3 is 20.4 Å². The Morgan fingerprint density at radius 2 is 1.97 bits per heavy atom. The van der Waals surface area contributed by atoms with Crippen LogP contribution in [0.3, 0.4) is 0 Å². The highest BCUT2D eigenvalue weighted by molar-refractivity contribution is 6.01. The molecule has 0 radical (unpaired) electrons. The van der Waals surface area contributed by atoms with Crippen molar-refractivity contribution in [1.29, 1.82) is 0 Å². The molecule has 29 heavy (non-hydrogen) atoms. The van der Waals surface area contributed by atoms with E-state index in [9.17, 15) is 14.4 Å². The molecule has 2 N–H and O–H groups in total. The molecule has 0 bridgehead atoms. The van der Waals surface area contributed by atoms with Crippen molar-refractivity contribution in [3.05, 3.63) is 17.5 Å². The summed E-state index contributed by atoms with van der Waals surface area (Å²) in [5, 5.41) is 10.2. The summed E-state index contributed by atoms with van der Waals surface area (Å²) < 4.78 is 1.49. The smallest absolute Gasteiger partial charge is 0.272 e. The highest BCUT2D eigenvalue weighted by atomic mass is 16.2. The van der Waals surface area contributed by atoms with Gasteiger partial charge in [0.1, 0.15) is 11.2 Å². The lowest BCUT2D eigenvalue weighted by molar-refractivity contribution is -0.133. The molecule has 1 saturated carbocycles. The van der Waals surface area contributed by atoms with Crippen LogP contribution in [0.2, 0.25) is 0 Å². The van der Waals surface area contributed by atoms with Gasteiger partial charge in [-0.2, -0.15) is 5.10 Å². The van der Waals surface area contributed by atoms with Gasteiger partial charge >= 0.3 is 0 Å². The molecule has 0 spiro atoms. The largest absolute Gasteiger partial charge is 0.351 e. The molecule has 3 rings (SSSR count). The van der Waals surface area contributed by atoms with Crippen molar-refractivity contribution in [3.63, 3.8) is 0 Å². The number of likely N-dealkylation sites (N-methyl/N-ethyl adjacent to an activating group) is 2. The van der Waals surface area contributed by atoms with Crippen molar-refractivity contribution in [1.82, 2.24) is 30.2 Å². The topological polar surface area (TPSA) is 99.6 Å². The first-order valence-electron chi connectivity index (χ1n) is 10.3. The quantitative estimate of drug-likeness (QED) is 0.718. The number of hydrogen-bond donors (Lipinski definition) is 2. The van der Waals surface area contributed by atoms with Gasteiger partial charge in [-0.25, -0.2) is 0 Å². The van der Waals surface area contributed by atoms with Gasteiger partial charge in [0.15, 0.2) is 5.69 Å². The van der Waals surface area contributed by atoms with Crippen LogP contribution in [-0.4, -0.2) is 83.1 Å². The number of carbonyl (C=O) groups excluding carboxylic acids is 3. The van der Waals surface area contributed by atoms with Crippen LogP contribution in [0, 0.1) is 0 Å². The van der Waals surface area contributed by atoms with Crippen LogP contribution in [0.25, 0.3) is 0 Å². The summed E-state index contributed by atoms with van der Waals surface area (Å²) in [5.41, 5.74) is -0.530. The van der Waals surface area contributed by atoms with Crippen molar-refractivity contribution < 1.29 is 14.4 Å². The molecule has 1 aliphatic heterocycles. The van der Waals surface area contributed by atoms with Gasteiger partial charge in [-0.3, -0.25) is 19.1 Å². The second kappa shape index (κ2) is 8.52. The fourth-order valence-electron chi connectivity index (χ4n) is 3.91. The number of nitrogens with zero attached hydrogens (tertiary/aromatic N) is 4. The number of amides is 3. The van der Waals surface area contributed by atoms with Gasteiger partial charge in [-0.05, 0) is 33.9 Å². The van der Waals surface area contributed by atoms with Gasteiger partial charge in [0.2, 0.25) is 5.91 Å². The van der Waals surface area contributed by atoms with Crippen LogP contribution in [0.4, 0.5) is 0 Å². The summed E-state index contributed by atoms with van der Waals surface area (Å²) in [6.07, 6.45) is 5.39. The van der Waals surface area contributed by atoms with Crippen molar-refractivity contribution in [2.24, 2.45) is 0 Å². The van der Waals surface area contributed by atoms with E-state index in [2.05, 4.69) is 15.7 Å². The Hall–Kier alpha value is -2.42. The van der Waals surface area contributed by atoms with Gasteiger partial charge in [-0.15, -0.1) is 0 Å². The minimum atomic E-state index is -1.05. The number of nitrogens with one attached hydrogen (secondary N) is 2. The Labute approximate surface area is 171 Å². The van der Waals surface area contributed by atoms with Gasteiger partial charge in [-0.1, -0.05) is 19.3 Å². The summed E-state index contributed by atoms with van der Waals surface area (Å²) in [7, 11) is 5.49. The maximum atomic E-state index is 13.1. The minimum absolute atomic E-state index is 0.161. The van der Waals surface area contributed by atoms with E-state index in [-0.39, 0.29) is 36.0 Å². The third-order valence-electron chi connectivity index (χ3n) is 6.01. The van der Waals surface area contributed by atoms with Crippen LogP contribution in [0.15, 0.2) is 6.07 Å². The molecule has 0 aromatic carbocycles. The van der Waals surface area contributed by atoms with E-state index in [1.807, 2.05) is 19.0 Å². The van der Waals surface area contributed by atoms with E-state index >= 15 is 0 Å². The van der Waals surface area contributed by atoms with Crippen molar-refractivity contribution in [2.75, 3.05) is 34.2 Å². The van der Waals surface area contributed by atoms with Crippen LogP contribution < -0.4 is 10.6 Å². The number of fused-ring (bicyclic) bond motifs is 1. The van der Waals surface area contributed by atoms with Crippen LogP contribution >= 0.6 is 0 Å². The number of rotatable bonds is 6. The summed E-state index contributed by atoms with van der Waals surface area (Å²) in [6, 6.07) is 1.66. The third-order valence-corrected chi connectivity index (χ3v) is 6.01. The summed E-state index contributed by atoms with van der Waals surface area (Å²) in [6.45, 7) is 3.17. The lowest BCUT2D eigenvalue weighted by atomic mass is 9.92. The average Bonchev–Trinajstić information content (AvgIpc) is 3.10. The molecule has 1 aliphatic carbocycles. The summed E-state index contributed by atoms with van der Waals surface area (Å²) in [5.74, 6) is -0.798. The molecule has 1 fully saturated rings. The predicted molar refractivity (Wildman–Crippen MR) is 109 cm³/mol. The molecule has 2 heterocycles. The lowest BCUT2D eigenvalue weighted by Crippen LogP contribution is -2.63. The number of carbonyl (C=O) groups is 3. The number of hydrogen-bond acceptors (Lipinski definition) is 5. The molecular formula is C20H32N6O3. The second-order valence-corrected chi connectivity index (χ2v) is 8.58. The minimum Gasteiger partial charge on any atom is -0.351 e. The molecule has 1 atom stereocenters. The zero-order chi connectivity index (χ0) is 21.2. The zero-order valence-corrected chi connectivity index (χ0v) is 17.8. The van der Waals surface area contributed by atoms with E-state index in [4.69, 9.17) is 0 Å². The first-order valence-corrected chi connectivity index (χ1v) is 10.3. The molecule has 9 heteroatoms. The average molecular weight is 405 g/mol. The van der Waals surface area contributed by atoms with E-state index in [0.717, 1.165) is 25.7 Å². The third kappa shape index (κ3) is 4.44. The molecule has 1 unspecified atom stereocenters. The van der Waals surface area contributed by atoms with Gasteiger partial charge in [0, 0.05) is 32.2 Å². The Morgan fingerprint density at radius 3 is 2.62 bits per heavy atom. The molecule has 3 amide bonds. The molecule has 0 saturated heterocycles. The Balaban J connectivity index is 1.74. The maximum absolute atomic E-state index is 13.1. The van der Waals surface area contributed by atoms with E-state index in [1.165, 1.54) is 22.1 Å². The zero-order valence-electron chi connectivity index (χ0n) is 17.8. The van der Waals surface area contributed by atoms with Crippen LogP contribution in [0.1, 0.15) is 60.0 Å². The van der Waals surface area contributed by atoms with E-state index in [0.29, 0.717) is 18.8 Å². The lowest BCUT2D eigenvalue weighted by Gasteiger charge is -2.41. The monoisotopic (exact) mass is 404 g/mol. The highest BCUT2D eigenvalue weighted by Crippen LogP contribution is 2.27. The predicted octanol–water partition coefficient (Wildman–Crippen LogP) is 0.468. The SMILES string of the molecule is CN(C)CCNC(=O)c1cc2n(n1)CC(C)(C(=O)NC1CCCCC1)N(C)C2=O. The maximum Gasteiger partial charge on any atom is 0.272 e. The fourth-order valence-corrected chi connectivity index (χ4v) is 3.91. The normalized spacial score (nSPS) is 22.5. The summed E-state index contributed by atoms with van der Waals surface area (Å²) in [4.78, 5) is 41.8.